The van der Waals surface area contributed by atoms with Gasteiger partial charge in [-0.25, -0.2) is 0 Å². The van der Waals surface area contributed by atoms with Gasteiger partial charge in [-0.1, -0.05) is 6.07 Å². The Morgan fingerprint density at radius 2 is 2.25 bits per heavy atom. The summed E-state index contributed by atoms with van der Waals surface area (Å²) in [7, 11) is 0. The molecule has 0 aromatic heterocycles. The van der Waals surface area contributed by atoms with Gasteiger partial charge in [0.1, 0.15) is 5.75 Å². The summed E-state index contributed by atoms with van der Waals surface area (Å²) in [4.78, 5) is 11.2. The van der Waals surface area contributed by atoms with Gasteiger partial charge in [0.25, 0.3) is 5.91 Å². The second kappa shape index (κ2) is 2.48. The highest BCUT2D eigenvalue weighted by molar-refractivity contribution is 9.10. The van der Waals surface area contributed by atoms with Crippen molar-refractivity contribution in [3.8, 4) is 5.75 Å². The molecule has 1 aliphatic rings. The van der Waals surface area contributed by atoms with Crippen LogP contribution in [0.2, 0.25) is 0 Å². The molecular weight excluding hydrogens is 222 g/mol. The quantitative estimate of drug-likeness (QED) is 0.705. The summed E-state index contributed by atoms with van der Waals surface area (Å²) in [5.41, 5.74) is 1.47. The fraction of sp³-hybridized carbons (Fsp3) is 0.125. The molecule has 4 heteroatoms. The van der Waals surface area contributed by atoms with E-state index < -0.39 is 0 Å². The maximum Gasteiger partial charge on any atom is 0.253 e. The predicted molar refractivity (Wildman–Crippen MR) is 47.0 cm³/mol. The number of carbonyl (C=O) groups excluding carboxylic acids is 1. The molecular formula is C8H6BrNO2. The Bertz CT molecular complexity index is 362. The van der Waals surface area contributed by atoms with E-state index in [4.69, 9.17) is 0 Å². The van der Waals surface area contributed by atoms with E-state index in [0.29, 0.717) is 16.6 Å². The average molecular weight is 228 g/mol. The van der Waals surface area contributed by atoms with Crippen LogP contribution in [-0.2, 0) is 6.54 Å². The summed E-state index contributed by atoms with van der Waals surface area (Å²) >= 11 is 3.16. The molecule has 0 bridgehead atoms. The van der Waals surface area contributed by atoms with E-state index >= 15 is 0 Å². The number of amides is 1. The van der Waals surface area contributed by atoms with Crippen LogP contribution < -0.4 is 5.32 Å². The molecule has 0 radical (unpaired) electrons. The first-order chi connectivity index (χ1) is 5.70. The summed E-state index contributed by atoms with van der Waals surface area (Å²) in [6.07, 6.45) is 0. The van der Waals surface area contributed by atoms with Gasteiger partial charge in [-0.05, 0) is 27.6 Å². The van der Waals surface area contributed by atoms with Crippen LogP contribution in [0.3, 0.4) is 0 Å². The molecule has 0 unspecified atom stereocenters. The van der Waals surface area contributed by atoms with Crippen LogP contribution in [0.25, 0.3) is 0 Å². The number of phenolic OH excluding ortho intramolecular Hbond substituents is 1. The van der Waals surface area contributed by atoms with E-state index in [1.807, 2.05) is 0 Å². The van der Waals surface area contributed by atoms with Crippen molar-refractivity contribution in [1.82, 2.24) is 5.32 Å². The lowest BCUT2D eigenvalue weighted by atomic mass is 10.1. The third-order valence-electron chi connectivity index (χ3n) is 1.87. The number of aromatic hydroxyl groups is 1. The highest BCUT2D eigenvalue weighted by Gasteiger charge is 2.22. The van der Waals surface area contributed by atoms with Crippen LogP contribution in [-0.4, -0.2) is 11.0 Å². The van der Waals surface area contributed by atoms with Crippen molar-refractivity contribution >= 4 is 21.8 Å². The number of halogens is 1. The molecule has 62 valence electrons. The smallest absolute Gasteiger partial charge is 0.253 e. The fourth-order valence-electron chi connectivity index (χ4n) is 1.26. The Kier molecular flexibility index (Phi) is 1.58. The van der Waals surface area contributed by atoms with Gasteiger partial charge < -0.3 is 10.4 Å². The Balaban J connectivity index is 2.71. The van der Waals surface area contributed by atoms with Crippen LogP contribution in [0.1, 0.15) is 15.9 Å². The van der Waals surface area contributed by atoms with E-state index in [9.17, 15) is 9.90 Å². The van der Waals surface area contributed by atoms with Gasteiger partial charge in [-0.2, -0.15) is 0 Å². The Morgan fingerprint density at radius 1 is 1.50 bits per heavy atom. The number of hydrogen-bond donors (Lipinski definition) is 2. The lowest BCUT2D eigenvalue weighted by Crippen LogP contribution is -2.12. The number of fused-ring (bicyclic) bond motifs is 1. The second-order valence-electron chi connectivity index (χ2n) is 2.62. The molecule has 0 fully saturated rings. The highest BCUT2D eigenvalue weighted by Crippen LogP contribution is 2.32. The first-order valence-electron chi connectivity index (χ1n) is 3.48. The van der Waals surface area contributed by atoms with Crippen molar-refractivity contribution in [3.63, 3.8) is 0 Å². The minimum absolute atomic E-state index is 0.103. The summed E-state index contributed by atoms with van der Waals surface area (Å²) in [6.45, 7) is 0.549. The molecule has 1 aromatic carbocycles. The van der Waals surface area contributed by atoms with Crippen molar-refractivity contribution in [3.05, 3.63) is 27.7 Å². The lowest BCUT2D eigenvalue weighted by molar-refractivity contribution is 0.0964. The van der Waals surface area contributed by atoms with E-state index in [1.54, 1.807) is 12.1 Å². The maximum absolute atomic E-state index is 11.2. The van der Waals surface area contributed by atoms with Crippen molar-refractivity contribution in [2.24, 2.45) is 0 Å². The topological polar surface area (TPSA) is 49.3 Å². The number of benzene rings is 1. The molecule has 1 amide bonds. The number of carbonyl (C=O) groups is 1. The van der Waals surface area contributed by atoms with Gasteiger partial charge in [-0.15, -0.1) is 0 Å². The third kappa shape index (κ3) is 0.914. The molecule has 1 heterocycles. The minimum atomic E-state index is -0.132. The first-order valence-corrected chi connectivity index (χ1v) is 4.28. The monoisotopic (exact) mass is 227 g/mol. The van der Waals surface area contributed by atoms with E-state index in [-0.39, 0.29) is 11.7 Å². The van der Waals surface area contributed by atoms with Crippen molar-refractivity contribution in [2.75, 3.05) is 0 Å². The highest BCUT2D eigenvalue weighted by atomic mass is 79.9. The first kappa shape index (κ1) is 7.61. The molecule has 1 aliphatic heterocycles. The molecule has 0 saturated carbocycles. The standard InChI is InChI=1S/C8H6BrNO2/c9-7-5(11)2-1-4-3-10-8(12)6(4)7/h1-2,11H,3H2,(H,10,12). The predicted octanol–water partition coefficient (Wildman–Crippen LogP) is 1.40. The van der Waals surface area contributed by atoms with Crippen molar-refractivity contribution in [2.45, 2.75) is 6.54 Å². The molecule has 2 N–H and O–H groups in total. The zero-order chi connectivity index (χ0) is 8.72. The van der Waals surface area contributed by atoms with Gasteiger partial charge in [-0.3, -0.25) is 4.79 Å². The van der Waals surface area contributed by atoms with E-state index in [0.717, 1.165) is 5.56 Å². The van der Waals surface area contributed by atoms with Crippen molar-refractivity contribution < 1.29 is 9.90 Å². The molecule has 3 nitrogen and oxygen atoms in total. The Hall–Kier alpha value is -1.03. The molecule has 0 aliphatic carbocycles. The zero-order valence-electron chi connectivity index (χ0n) is 6.10. The number of rotatable bonds is 0. The normalized spacial score (nSPS) is 14.2. The molecule has 0 saturated heterocycles. The Morgan fingerprint density at radius 3 is 3.00 bits per heavy atom. The zero-order valence-corrected chi connectivity index (χ0v) is 7.68. The van der Waals surface area contributed by atoms with Crippen LogP contribution in [0, 0.1) is 0 Å². The lowest BCUT2D eigenvalue weighted by Gasteiger charge is -2.00. The van der Waals surface area contributed by atoms with Crippen LogP contribution in [0.4, 0.5) is 0 Å². The van der Waals surface area contributed by atoms with Crippen LogP contribution >= 0.6 is 15.9 Å². The third-order valence-corrected chi connectivity index (χ3v) is 2.68. The van der Waals surface area contributed by atoms with Gasteiger partial charge in [0.2, 0.25) is 0 Å². The molecule has 2 rings (SSSR count). The summed E-state index contributed by atoms with van der Waals surface area (Å²) < 4.78 is 0.481. The molecule has 12 heavy (non-hydrogen) atoms. The maximum atomic E-state index is 11.2. The second-order valence-corrected chi connectivity index (χ2v) is 3.41. The minimum Gasteiger partial charge on any atom is -0.507 e. The van der Waals surface area contributed by atoms with E-state index in [1.165, 1.54) is 0 Å². The summed E-state index contributed by atoms with van der Waals surface area (Å²) in [6, 6.07) is 3.32. The van der Waals surface area contributed by atoms with Crippen LogP contribution in [0.15, 0.2) is 16.6 Å². The fourth-order valence-corrected chi connectivity index (χ4v) is 1.83. The average Bonchev–Trinajstić information content (AvgIpc) is 2.41. The van der Waals surface area contributed by atoms with Gasteiger partial charge in [0.15, 0.2) is 0 Å². The Labute approximate surface area is 77.5 Å². The number of hydrogen-bond acceptors (Lipinski definition) is 2. The van der Waals surface area contributed by atoms with Gasteiger partial charge >= 0.3 is 0 Å². The number of nitrogens with one attached hydrogen (secondary N) is 1. The SMILES string of the molecule is O=C1NCc2ccc(O)c(Br)c21. The molecule has 1 aromatic rings. The largest absolute Gasteiger partial charge is 0.507 e. The number of phenols is 1. The molecule has 0 spiro atoms. The summed E-state index contributed by atoms with van der Waals surface area (Å²) in [5, 5.41) is 11.9. The van der Waals surface area contributed by atoms with Gasteiger partial charge in [0.05, 0.1) is 10.0 Å². The summed E-state index contributed by atoms with van der Waals surface area (Å²) in [5.74, 6) is -0.0291. The molecule has 0 atom stereocenters. The van der Waals surface area contributed by atoms with Crippen molar-refractivity contribution in [1.29, 1.82) is 0 Å². The van der Waals surface area contributed by atoms with Crippen LogP contribution in [0.5, 0.6) is 5.75 Å². The van der Waals surface area contributed by atoms with Gasteiger partial charge in [0, 0.05) is 6.54 Å². The van der Waals surface area contributed by atoms with E-state index in [2.05, 4.69) is 21.2 Å².